The van der Waals surface area contributed by atoms with Crippen LogP contribution in [0.5, 0.6) is 0 Å². The molecule has 1 unspecified atom stereocenters. The van der Waals surface area contributed by atoms with E-state index in [4.69, 9.17) is 11.6 Å². The van der Waals surface area contributed by atoms with Gasteiger partial charge in [0.05, 0.1) is 0 Å². The maximum Gasteiger partial charge on any atom is 0.0438 e. The van der Waals surface area contributed by atoms with Gasteiger partial charge in [-0.05, 0) is 77.7 Å². The molecule has 2 aromatic carbocycles. The first-order chi connectivity index (χ1) is 10.2. The van der Waals surface area contributed by atoms with Gasteiger partial charge in [-0.3, -0.25) is 0 Å². The topological polar surface area (TPSA) is 12.0 Å². The van der Waals surface area contributed by atoms with E-state index in [1.807, 2.05) is 12.1 Å². The number of nitrogens with one attached hydrogen (secondary N) is 1. The van der Waals surface area contributed by atoms with E-state index in [1.165, 1.54) is 14.7 Å². The Labute approximate surface area is 146 Å². The van der Waals surface area contributed by atoms with Crippen molar-refractivity contribution in [1.82, 2.24) is 5.32 Å². The lowest BCUT2D eigenvalue weighted by atomic mass is 9.99. The summed E-state index contributed by atoms with van der Waals surface area (Å²) >= 11 is 8.64. The Kier molecular flexibility index (Phi) is 7.00. The zero-order valence-electron chi connectivity index (χ0n) is 12.3. The predicted octanol–water partition coefficient (Wildman–Crippen LogP) is 5.10. The Hall–Kier alpha value is -0.580. The Bertz CT molecular complexity index is 553. The molecule has 0 aromatic heterocycles. The lowest BCUT2D eigenvalue weighted by Gasteiger charge is -2.19. The summed E-state index contributed by atoms with van der Waals surface area (Å²) in [6.07, 6.45) is 3.14. The molecule has 1 N–H and O–H groups in total. The van der Waals surface area contributed by atoms with Crippen molar-refractivity contribution < 1.29 is 0 Å². The van der Waals surface area contributed by atoms with Crippen LogP contribution in [0, 0.1) is 3.57 Å². The quantitative estimate of drug-likeness (QED) is 0.623. The van der Waals surface area contributed by atoms with E-state index in [9.17, 15) is 0 Å². The minimum Gasteiger partial charge on any atom is -0.313 e. The van der Waals surface area contributed by atoms with Gasteiger partial charge in [0.1, 0.15) is 0 Å². The van der Waals surface area contributed by atoms with Gasteiger partial charge >= 0.3 is 0 Å². The molecule has 0 saturated heterocycles. The fourth-order valence-electron chi connectivity index (χ4n) is 2.40. The van der Waals surface area contributed by atoms with E-state index in [-0.39, 0.29) is 0 Å². The van der Waals surface area contributed by atoms with E-state index in [1.54, 1.807) is 0 Å². The van der Waals surface area contributed by atoms with Crippen molar-refractivity contribution in [1.29, 1.82) is 0 Å². The Morgan fingerprint density at radius 3 is 2.43 bits per heavy atom. The highest BCUT2D eigenvalue weighted by Gasteiger charge is 2.11. The second-order valence-corrected chi connectivity index (χ2v) is 6.93. The SMILES string of the molecule is CCCNC(Cc1ccc(I)cc1)Cc1ccccc1Cl. The Balaban J connectivity index is 2.07. The highest BCUT2D eigenvalue weighted by Crippen LogP contribution is 2.18. The van der Waals surface area contributed by atoms with Crippen molar-refractivity contribution in [3.05, 3.63) is 68.3 Å². The van der Waals surface area contributed by atoms with Crippen molar-refractivity contribution in [3.8, 4) is 0 Å². The lowest BCUT2D eigenvalue weighted by Crippen LogP contribution is -2.33. The molecule has 0 spiro atoms. The summed E-state index contributed by atoms with van der Waals surface area (Å²) in [4.78, 5) is 0. The molecular formula is C18H21ClIN. The number of rotatable bonds is 7. The third kappa shape index (κ3) is 5.61. The summed E-state index contributed by atoms with van der Waals surface area (Å²) < 4.78 is 1.28. The zero-order chi connectivity index (χ0) is 15.1. The van der Waals surface area contributed by atoms with Crippen LogP contribution in [-0.4, -0.2) is 12.6 Å². The summed E-state index contributed by atoms with van der Waals surface area (Å²) in [5.41, 5.74) is 2.59. The summed E-state index contributed by atoms with van der Waals surface area (Å²) in [6, 6.07) is 17.3. The monoisotopic (exact) mass is 413 g/mol. The number of hydrogen-bond acceptors (Lipinski definition) is 1. The van der Waals surface area contributed by atoms with Crippen LogP contribution in [0.3, 0.4) is 0 Å². The van der Waals surface area contributed by atoms with Crippen LogP contribution in [0.1, 0.15) is 24.5 Å². The largest absolute Gasteiger partial charge is 0.313 e. The molecule has 0 aliphatic carbocycles. The van der Waals surface area contributed by atoms with Crippen LogP contribution in [0.25, 0.3) is 0 Å². The molecule has 0 radical (unpaired) electrons. The van der Waals surface area contributed by atoms with Crippen molar-refractivity contribution in [2.45, 2.75) is 32.2 Å². The lowest BCUT2D eigenvalue weighted by molar-refractivity contribution is 0.505. The van der Waals surface area contributed by atoms with Crippen LogP contribution in [-0.2, 0) is 12.8 Å². The van der Waals surface area contributed by atoms with Gasteiger partial charge in [0.25, 0.3) is 0 Å². The van der Waals surface area contributed by atoms with Gasteiger partial charge in [0, 0.05) is 14.6 Å². The van der Waals surface area contributed by atoms with Crippen LogP contribution in [0.4, 0.5) is 0 Å². The molecule has 0 fully saturated rings. The molecule has 0 aliphatic heterocycles. The van der Waals surface area contributed by atoms with Crippen molar-refractivity contribution >= 4 is 34.2 Å². The maximum absolute atomic E-state index is 6.30. The number of benzene rings is 2. The molecule has 0 amide bonds. The Morgan fingerprint density at radius 2 is 1.76 bits per heavy atom. The molecule has 0 heterocycles. The van der Waals surface area contributed by atoms with E-state index < -0.39 is 0 Å². The molecule has 0 bridgehead atoms. The average molecular weight is 414 g/mol. The number of halogens is 2. The number of hydrogen-bond donors (Lipinski definition) is 1. The van der Waals surface area contributed by atoms with Crippen molar-refractivity contribution in [2.24, 2.45) is 0 Å². The summed E-state index contributed by atoms with van der Waals surface area (Å²) in [5.74, 6) is 0. The smallest absolute Gasteiger partial charge is 0.0438 e. The molecule has 0 aliphatic rings. The van der Waals surface area contributed by atoms with Crippen molar-refractivity contribution in [3.63, 3.8) is 0 Å². The molecule has 21 heavy (non-hydrogen) atoms. The van der Waals surface area contributed by atoms with Gasteiger partial charge in [-0.15, -0.1) is 0 Å². The molecule has 3 heteroatoms. The molecule has 1 nitrogen and oxygen atoms in total. The van der Waals surface area contributed by atoms with E-state index >= 15 is 0 Å². The van der Waals surface area contributed by atoms with Crippen LogP contribution in [0.2, 0.25) is 5.02 Å². The molecular weight excluding hydrogens is 393 g/mol. The summed E-state index contributed by atoms with van der Waals surface area (Å²) in [7, 11) is 0. The molecule has 112 valence electrons. The second kappa shape index (κ2) is 8.76. The van der Waals surface area contributed by atoms with Gasteiger partial charge in [-0.1, -0.05) is 48.9 Å². The second-order valence-electron chi connectivity index (χ2n) is 5.28. The summed E-state index contributed by atoms with van der Waals surface area (Å²) in [5, 5.41) is 4.51. The first-order valence-electron chi connectivity index (χ1n) is 7.40. The highest BCUT2D eigenvalue weighted by molar-refractivity contribution is 14.1. The fraction of sp³-hybridized carbons (Fsp3) is 0.333. The fourth-order valence-corrected chi connectivity index (χ4v) is 2.97. The highest BCUT2D eigenvalue weighted by atomic mass is 127. The molecule has 2 rings (SSSR count). The maximum atomic E-state index is 6.30. The van der Waals surface area contributed by atoms with Gasteiger partial charge in [0.2, 0.25) is 0 Å². The zero-order valence-corrected chi connectivity index (χ0v) is 15.2. The Morgan fingerprint density at radius 1 is 1.05 bits per heavy atom. The van der Waals surface area contributed by atoms with E-state index in [0.29, 0.717) is 6.04 Å². The minimum atomic E-state index is 0.421. The third-order valence-electron chi connectivity index (χ3n) is 3.50. The van der Waals surface area contributed by atoms with Gasteiger partial charge in [-0.25, -0.2) is 0 Å². The van der Waals surface area contributed by atoms with Crippen LogP contribution >= 0.6 is 34.2 Å². The average Bonchev–Trinajstić information content (AvgIpc) is 2.49. The molecule has 1 atom stereocenters. The van der Waals surface area contributed by atoms with Gasteiger partial charge in [0.15, 0.2) is 0 Å². The standard InChI is InChI=1S/C18H21ClIN/c1-2-11-21-17(12-14-7-9-16(20)10-8-14)13-15-5-3-4-6-18(15)19/h3-10,17,21H,2,11-13H2,1H3. The first-order valence-corrected chi connectivity index (χ1v) is 8.86. The van der Waals surface area contributed by atoms with Gasteiger partial charge < -0.3 is 5.32 Å². The van der Waals surface area contributed by atoms with E-state index in [0.717, 1.165) is 30.8 Å². The predicted molar refractivity (Wildman–Crippen MR) is 100 cm³/mol. The molecule has 0 saturated carbocycles. The van der Waals surface area contributed by atoms with E-state index in [2.05, 4.69) is 71.2 Å². The molecule has 2 aromatic rings. The van der Waals surface area contributed by atoms with Crippen LogP contribution in [0.15, 0.2) is 48.5 Å². The van der Waals surface area contributed by atoms with Crippen molar-refractivity contribution in [2.75, 3.05) is 6.54 Å². The third-order valence-corrected chi connectivity index (χ3v) is 4.59. The minimum absolute atomic E-state index is 0.421. The summed E-state index contributed by atoms with van der Waals surface area (Å²) in [6.45, 7) is 3.24. The van der Waals surface area contributed by atoms with Crippen LogP contribution < -0.4 is 5.32 Å². The van der Waals surface area contributed by atoms with Gasteiger partial charge in [-0.2, -0.15) is 0 Å². The normalized spacial score (nSPS) is 12.3. The first kappa shape index (κ1) is 16.8.